The van der Waals surface area contributed by atoms with Gasteiger partial charge in [0, 0.05) is 31.4 Å². The maximum atomic E-state index is 12.2. The fourth-order valence-corrected chi connectivity index (χ4v) is 2.37. The summed E-state index contributed by atoms with van der Waals surface area (Å²) in [7, 11) is 3.43. The Morgan fingerprint density at radius 3 is 2.60 bits per heavy atom. The van der Waals surface area contributed by atoms with Gasteiger partial charge in [0.15, 0.2) is 0 Å². The minimum atomic E-state index is -0.0759. The molecule has 2 aromatic carbocycles. The molecule has 0 radical (unpaired) electrons. The number of rotatable bonds is 7. The van der Waals surface area contributed by atoms with Crippen LogP contribution in [-0.4, -0.2) is 38.1 Å². The number of hydrogen-bond acceptors (Lipinski definition) is 4. The van der Waals surface area contributed by atoms with E-state index in [0.717, 1.165) is 12.2 Å². The fraction of sp³-hybridized carbons (Fsp3) is 0.263. The van der Waals surface area contributed by atoms with Crippen molar-refractivity contribution in [2.75, 3.05) is 32.6 Å². The summed E-state index contributed by atoms with van der Waals surface area (Å²) in [6.07, 6.45) is 0.752. The second-order valence-corrected chi connectivity index (χ2v) is 6.09. The van der Waals surface area contributed by atoms with Crippen molar-refractivity contribution < 1.29 is 9.53 Å². The van der Waals surface area contributed by atoms with E-state index in [1.54, 1.807) is 56.6 Å². The first kappa shape index (κ1) is 18.6. The van der Waals surface area contributed by atoms with Crippen LogP contribution in [0, 0.1) is 11.3 Å². The molecular formula is C19H20ClN3O2. The van der Waals surface area contributed by atoms with Crippen LogP contribution in [-0.2, 0) is 0 Å². The minimum Gasteiger partial charge on any atom is -0.494 e. The van der Waals surface area contributed by atoms with Crippen LogP contribution in [0.4, 0.5) is 5.69 Å². The Hall–Kier alpha value is -2.71. The van der Waals surface area contributed by atoms with Crippen LogP contribution in [0.1, 0.15) is 22.3 Å². The van der Waals surface area contributed by atoms with E-state index >= 15 is 0 Å². The number of nitrogens with one attached hydrogen (secondary N) is 1. The summed E-state index contributed by atoms with van der Waals surface area (Å²) in [5.74, 6) is 0.651. The van der Waals surface area contributed by atoms with E-state index in [9.17, 15) is 4.79 Å². The van der Waals surface area contributed by atoms with E-state index in [1.165, 1.54) is 4.90 Å². The van der Waals surface area contributed by atoms with Crippen molar-refractivity contribution in [1.29, 1.82) is 5.26 Å². The van der Waals surface area contributed by atoms with Gasteiger partial charge in [-0.1, -0.05) is 11.6 Å². The van der Waals surface area contributed by atoms with Gasteiger partial charge in [0.1, 0.15) is 5.75 Å². The van der Waals surface area contributed by atoms with Gasteiger partial charge in [-0.2, -0.15) is 5.26 Å². The van der Waals surface area contributed by atoms with Crippen molar-refractivity contribution in [3.8, 4) is 11.8 Å². The smallest absolute Gasteiger partial charge is 0.255 e. The highest BCUT2D eigenvalue weighted by Crippen LogP contribution is 2.22. The van der Waals surface area contributed by atoms with Gasteiger partial charge in [-0.15, -0.1) is 0 Å². The van der Waals surface area contributed by atoms with Gasteiger partial charge in [-0.05, 0) is 48.9 Å². The molecule has 0 bridgehead atoms. The van der Waals surface area contributed by atoms with E-state index < -0.39 is 0 Å². The quantitative estimate of drug-likeness (QED) is 0.765. The van der Waals surface area contributed by atoms with Crippen LogP contribution >= 0.6 is 11.6 Å². The Labute approximate surface area is 152 Å². The SMILES string of the molecule is CN(C)C(=O)c1ccc(Cl)cc1NCCCOc1ccc(C#N)cc1. The van der Waals surface area contributed by atoms with Crippen molar-refractivity contribution >= 4 is 23.2 Å². The first-order valence-electron chi connectivity index (χ1n) is 7.89. The van der Waals surface area contributed by atoms with Crippen LogP contribution in [0.15, 0.2) is 42.5 Å². The largest absolute Gasteiger partial charge is 0.494 e. The van der Waals surface area contributed by atoms with Crippen molar-refractivity contribution in [3.63, 3.8) is 0 Å². The number of nitrogens with zero attached hydrogens (tertiary/aromatic N) is 2. The van der Waals surface area contributed by atoms with E-state index in [4.69, 9.17) is 21.6 Å². The molecule has 0 aromatic heterocycles. The number of benzene rings is 2. The number of carbonyl (C=O) groups excluding carboxylic acids is 1. The summed E-state index contributed by atoms with van der Waals surface area (Å²) < 4.78 is 5.63. The molecule has 5 nitrogen and oxygen atoms in total. The molecule has 1 amide bonds. The molecule has 0 aliphatic heterocycles. The number of halogens is 1. The average Bonchev–Trinajstić information content (AvgIpc) is 2.61. The zero-order valence-corrected chi connectivity index (χ0v) is 15.0. The molecule has 0 fully saturated rings. The minimum absolute atomic E-state index is 0.0759. The molecule has 0 saturated carbocycles. The molecule has 0 aliphatic carbocycles. The number of anilines is 1. The molecule has 0 aliphatic rings. The summed E-state index contributed by atoms with van der Waals surface area (Å²) in [6.45, 7) is 1.17. The van der Waals surface area contributed by atoms with E-state index in [2.05, 4.69) is 11.4 Å². The van der Waals surface area contributed by atoms with E-state index in [-0.39, 0.29) is 5.91 Å². The Balaban J connectivity index is 1.86. The van der Waals surface area contributed by atoms with Crippen molar-refractivity contribution in [2.45, 2.75) is 6.42 Å². The van der Waals surface area contributed by atoms with Gasteiger partial charge in [0.25, 0.3) is 5.91 Å². The molecule has 130 valence electrons. The summed E-state index contributed by atoms with van der Waals surface area (Å²) >= 11 is 6.03. The maximum Gasteiger partial charge on any atom is 0.255 e. The first-order chi connectivity index (χ1) is 12.0. The van der Waals surface area contributed by atoms with E-state index in [0.29, 0.717) is 35.0 Å². The molecule has 2 aromatic rings. The van der Waals surface area contributed by atoms with Crippen molar-refractivity contribution in [1.82, 2.24) is 4.90 Å². The fourth-order valence-electron chi connectivity index (χ4n) is 2.20. The second kappa shape index (κ2) is 8.95. The Morgan fingerprint density at radius 1 is 1.24 bits per heavy atom. The van der Waals surface area contributed by atoms with Crippen LogP contribution in [0.3, 0.4) is 0 Å². The lowest BCUT2D eigenvalue weighted by molar-refractivity contribution is 0.0828. The van der Waals surface area contributed by atoms with E-state index in [1.807, 2.05) is 0 Å². The zero-order valence-electron chi connectivity index (χ0n) is 14.3. The molecule has 1 N–H and O–H groups in total. The third-order valence-electron chi connectivity index (χ3n) is 3.51. The van der Waals surface area contributed by atoms with Crippen molar-refractivity contribution in [2.24, 2.45) is 0 Å². The summed E-state index contributed by atoms with van der Waals surface area (Å²) in [5, 5.41) is 12.6. The Morgan fingerprint density at radius 2 is 1.96 bits per heavy atom. The van der Waals surface area contributed by atoms with Gasteiger partial charge in [-0.3, -0.25) is 4.79 Å². The Bertz CT molecular complexity index is 767. The van der Waals surface area contributed by atoms with Gasteiger partial charge in [0.2, 0.25) is 0 Å². The Kier molecular flexibility index (Phi) is 6.67. The van der Waals surface area contributed by atoms with Gasteiger partial charge in [-0.25, -0.2) is 0 Å². The molecule has 0 atom stereocenters. The van der Waals surface area contributed by atoms with Crippen LogP contribution in [0.25, 0.3) is 0 Å². The lowest BCUT2D eigenvalue weighted by Crippen LogP contribution is -2.23. The molecule has 0 spiro atoms. The summed E-state index contributed by atoms with van der Waals surface area (Å²) in [4.78, 5) is 13.7. The number of amides is 1. The van der Waals surface area contributed by atoms with Crippen LogP contribution in [0.2, 0.25) is 5.02 Å². The predicted molar refractivity (Wildman–Crippen MR) is 99.2 cm³/mol. The number of carbonyl (C=O) groups is 1. The standard InChI is InChI=1S/C19H20ClN3O2/c1-23(2)19(24)17-9-6-15(20)12-18(17)22-10-3-11-25-16-7-4-14(13-21)5-8-16/h4-9,12,22H,3,10-11H2,1-2H3. The normalized spacial score (nSPS) is 10.0. The monoisotopic (exact) mass is 357 g/mol. The lowest BCUT2D eigenvalue weighted by Gasteiger charge is -2.16. The van der Waals surface area contributed by atoms with Gasteiger partial charge < -0.3 is 15.0 Å². The number of nitriles is 1. The highest BCUT2D eigenvalue weighted by Gasteiger charge is 2.13. The zero-order chi connectivity index (χ0) is 18.2. The van der Waals surface area contributed by atoms with Gasteiger partial charge in [0.05, 0.1) is 23.8 Å². The predicted octanol–water partition coefficient (Wildman–Crippen LogP) is 3.79. The van der Waals surface area contributed by atoms with Crippen LogP contribution < -0.4 is 10.1 Å². The molecule has 2 rings (SSSR count). The molecular weight excluding hydrogens is 338 g/mol. The highest BCUT2D eigenvalue weighted by molar-refractivity contribution is 6.31. The topological polar surface area (TPSA) is 65.4 Å². The van der Waals surface area contributed by atoms with Crippen LogP contribution in [0.5, 0.6) is 5.75 Å². The summed E-state index contributed by atoms with van der Waals surface area (Å²) in [6, 6.07) is 14.2. The third kappa shape index (κ3) is 5.40. The summed E-state index contributed by atoms with van der Waals surface area (Å²) in [5.41, 5.74) is 1.90. The molecule has 0 unspecified atom stereocenters. The molecule has 0 saturated heterocycles. The molecule has 6 heteroatoms. The highest BCUT2D eigenvalue weighted by atomic mass is 35.5. The third-order valence-corrected chi connectivity index (χ3v) is 3.74. The number of ether oxygens (including phenoxy) is 1. The van der Waals surface area contributed by atoms with Crippen molar-refractivity contribution in [3.05, 3.63) is 58.6 Å². The lowest BCUT2D eigenvalue weighted by atomic mass is 10.1. The van der Waals surface area contributed by atoms with Gasteiger partial charge >= 0.3 is 0 Å². The average molecular weight is 358 g/mol. The molecule has 25 heavy (non-hydrogen) atoms. The number of hydrogen-bond donors (Lipinski definition) is 1. The second-order valence-electron chi connectivity index (χ2n) is 5.65. The maximum absolute atomic E-state index is 12.2. The molecule has 0 heterocycles. The first-order valence-corrected chi connectivity index (χ1v) is 8.27.